The predicted octanol–water partition coefficient (Wildman–Crippen LogP) is 6.31. The van der Waals surface area contributed by atoms with E-state index >= 15 is 0 Å². The van der Waals surface area contributed by atoms with Gasteiger partial charge in [0.15, 0.2) is 5.78 Å². The van der Waals surface area contributed by atoms with E-state index in [0.29, 0.717) is 23.7 Å². The molecule has 4 aliphatic rings. The normalized spacial score (nSPS) is 38.3. The summed E-state index contributed by atoms with van der Waals surface area (Å²) in [6.07, 6.45) is 14.7. The Morgan fingerprint density at radius 2 is 1.91 bits per heavy atom. The van der Waals surface area contributed by atoms with E-state index in [4.69, 9.17) is 4.42 Å². The van der Waals surface area contributed by atoms with E-state index in [1.807, 2.05) is 19.1 Å². The van der Waals surface area contributed by atoms with Gasteiger partial charge in [-0.05, 0) is 91.5 Å². The standard InChI is InChI=1S/C31H32O3/c1-3-13-31(33)15-11-28-25-9-8-22-17-29(32)27(18-26(22)24(25)10-14-30(28,31)2)21-6-4-20(5-7-21)23-12-16-34-19-23/h4-9,12,16-17,19,24-28,33H,10-11,14-15,18H2,1-2H3/t24-,25+,26-,27?,28-,30-,31-/m0/s1. The highest BCUT2D eigenvalue weighted by molar-refractivity contribution is 5.97. The number of hydrogen-bond acceptors (Lipinski definition) is 3. The van der Waals surface area contributed by atoms with E-state index in [1.165, 1.54) is 5.57 Å². The Balaban J connectivity index is 1.28. The number of benzene rings is 1. The van der Waals surface area contributed by atoms with Gasteiger partial charge in [0.2, 0.25) is 0 Å². The van der Waals surface area contributed by atoms with Crippen molar-refractivity contribution in [3.63, 3.8) is 0 Å². The van der Waals surface area contributed by atoms with Crippen LogP contribution in [0.25, 0.3) is 11.1 Å². The van der Waals surface area contributed by atoms with Crippen molar-refractivity contribution in [1.29, 1.82) is 0 Å². The molecule has 0 saturated heterocycles. The summed E-state index contributed by atoms with van der Waals surface area (Å²) in [6, 6.07) is 10.4. The smallest absolute Gasteiger partial charge is 0.163 e. The lowest BCUT2D eigenvalue weighted by Gasteiger charge is -2.53. The molecule has 4 aliphatic carbocycles. The highest BCUT2D eigenvalue weighted by Crippen LogP contribution is 2.63. The molecule has 2 aromatic rings. The third kappa shape index (κ3) is 3.12. The zero-order chi connectivity index (χ0) is 23.5. The fraction of sp³-hybridized carbons (Fsp3) is 0.452. The van der Waals surface area contributed by atoms with Crippen molar-refractivity contribution in [1.82, 2.24) is 0 Å². The average molecular weight is 453 g/mol. The quantitative estimate of drug-likeness (QED) is 0.543. The van der Waals surface area contributed by atoms with Gasteiger partial charge in [0.25, 0.3) is 0 Å². The highest BCUT2D eigenvalue weighted by atomic mass is 16.3. The van der Waals surface area contributed by atoms with Crippen LogP contribution in [-0.2, 0) is 4.79 Å². The maximum atomic E-state index is 13.1. The Labute approximate surface area is 201 Å². The van der Waals surface area contributed by atoms with Crippen LogP contribution in [0.5, 0.6) is 0 Å². The topological polar surface area (TPSA) is 50.4 Å². The molecule has 1 unspecified atom stereocenters. The first-order valence-electron chi connectivity index (χ1n) is 12.7. The minimum absolute atomic E-state index is 0.0842. The van der Waals surface area contributed by atoms with Crippen LogP contribution in [0.2, 0.25) is 0 Å². The van der Waals surface area contributed by atoms with Crippen molar-refractivity contribution < 1.29 is 14.3 Å². The molecule has 0 radical (unpaired) electrons. The molecule has 1 aromatic carbocycles. The summed E-state index contributed by atoms with van der Waals surface area (Å²) in [6.45, 7) is 4.10. The Kier molecular flexibility index (Phi) is 5.01. The number of carbonyl (C=O) groups excluding carboxylic acids is 1. The summed E-state index contributed by atoms with van der Waals surface area (Å²) in [7, 11) is 0. The van der Waals surface area contributed by atoms with Crippen molar-refractivity contribution in [2.45, 2.75) is 57.5 Å². The molecule has 174 valence electrons. The van der Waals surface area contributed by atoms with Crippen LogP contribution in [0.4, 0.5) is 0 Å². The van der Waals surface area contributed by atoms with Gasteiger partial charge in [-0.15, -0.1) is 5.92 Å². The van der Waals surface area contributed by atoms with Gasteiger partial charge in [-0.3, -0.25) is 4.79 Å². The molecule has 6 rings (SSSR count). The molecule has 34 heavy (non-hydrogen) atoms. The van der Waals surface area contributed by atoms with Gasteiger partial charge >= 0.3 is 0 Å². The zero-order valence-corrected chi connectivity index (χ0v) is 20.0. The van der Waals surface area contributed by atoms with E-state index in [-0.39, 0.29) is 17.1 Å². The highest BCUT2D eigenvalue weighted by Gasteiger charge is 2.61. The first-order valence-corrected chi connectivity index (χ1v) is 12.7. The lowest BCUT2D eigenvalue weighted by atomic mass is 9.51. The number of aliphatic hydroxyl groups is 1. The Bertz CT molecular complexity index is 1220. The number of hydrogen-bond donors (Lipinski definition) is 1. The SMILES string of the molecule is CC#C[C@]1(O)CC[C@H]2[C@@H]3C=CC4=CC(=O)C(c5ccc(-c6ccoc6)cc5)C[C@@H]4[C@H]3CC[C@@]21C. The number of carbonyl (C=O) groups is 1. The molecule has 1 aromatic heterocycles. The predicted molar refractivity (Wildman–Crippen MR) is 133 cm³/mol. The average Bonchev–Trinajstić information content (AvgIpc) is 3.46. The summed E-state index contributed by atoms with van der Waals surface area (Å²) < 4.78 is 5.21. The summed E-state index contributed by atoms with van der Waals surface area (Å²) in [4.78, 5) is 13.1. The van der Waals surface area contributed by atoms with Crippen LogP contribution in [0.1, 0.15) is 57.4 Å². The lowest BCUT2D eigenvalue weighted by molar-refractivity contribution is -0.117. The van der Waals surface area contributed by atoms with Crippen LogP contribution in [0, 0.1) is 40.9 Å². The Morgan fingerprint density at radius 3 is 2.65 bits per heavy atom. The van der Waals surface area contributed by atoms with Gasteiger partial charge in [-0.2, -0.15) is 0 Å². The summed E-state index contributed by atoms with van der Waals surface area (Å²) in [5.74, 6) is 8.15. The third-order valence-electron chi connectivity index (χ3n) is 9.63. The second-order valence-electron chi connectivity index (χ2n) is 11.0. The molecular formula is C31H32O3. The molecule has 3 heteroatoms. The van der Waals surface area contributed by atoms with Gasteiger partial charge in [0, 0.05) is 16.9 Å². The number of allylic oxidation sites excluding steroid dienone is 4. The summed E-state index contributed by atoms with van der Waals surface area (Å²) in [5.41, 5.74) is 3.45. The molecule has 0 aliphatic heterocycles. The molecule has 1 N–H and O–H groups in total. The number of rotatable bonds is 2. The maximum Gasteiger partial charge on any atom is 0.163 e. The molecule has 0 spiro atoms. The molecular weight excluding hydrogens is 420 g/mol. The van der Waals surface area contributed by atoms with Crippen molar-refractivity contribution >= 4 is 5.78 Å². The van der Waals surface area contributed by atoms with E-state index in [9.17, 15) is 9.90 Å². The molecule has 2 fully saturated rings. The second kappa shape index (κ2) is 7.85. The van der Waals surface area contributed by atoms with E-state index < -0.39 is 5.60 Å². The lowest BCUT2D eigenvalue weighted by Crippen LogP contribution is -2.51. The van der Waals surface area contributed by atoms with Gasteiger partial charge in [0.1, 0.15) is 5.60 Å². The van der Waals surface area contributed by atoms with Crippen LogP contribution >= 0.6 is 0 Å². The first kappa shape index (κ1) is 21.7. The second-order valence-corrected chi connectivity index (χ2v) is 11.0. The summed E-state index contributed by atoms with van der Waals surface area (Å²) in [5, 5.41) is 11.4. The van der Waals surface area contributed by atoms with Crippen LogP contribution in [0.3, 0.4) is 0 Å². The van der Waals surface area contributed by atoms with Crippen molar-refractivity contribution in [3.05, 3.63) is 72.2 Å². The summed E-state index contributed by atoms with van der Waals surface area (Å²) >= 11 is 0. The molecule has 3 nitrogen and oxygen atoms in total. The largest absolute Gasteiger partial charge is 0.472 e. The number of furan rings is 1. The van der Waals surface area contributed by atoms with Crippen molar-refractivity contribution in [2.75, 3.05) is 0 Å². The molecule has 0 bridgehead atoms. The van der Waals surface area contributed by atoms with Crippen LogP contribution < -0.4 is 0 Å². The Morgan fingerprint density at radius 1 is 1.09 bits per heavy atom. The third-order valence-corrected chi connectivity index (χ3v) is 9.63. The number of fused-ring (bicyclic) bond motifs is 5. The zero-order valence-electron chi connectivity index (χ0n) is 20.0. The molecule has 7 atom stereocenters. The van der Waals surface area contributed by atoms with Crippen molar-refractivity contribution in [2.24, 2.45) is 29.1 Å². The van der Waals surface area contributed by atoms with E-state index in [0.717, 1.165) is 48.8 Å². The van der Waals surface area contributed by atoms with Gasteiger partial charge in [-0.25, -0.2) is 0 Å². The van der Waals surface area contributed by atoms with Gasteiger partial charge in [-0.1, -0.05) is 49.3 Å². The minimum Gasteiger partial charge on any atom is -0.472 e. The fourth-order valence-corrected chi connectivity index (χ4v) is 7.73. The van der Waals surface area contributed by atoms with E-state index in [2.05, 4.69) is 55.2 Å². The van der Waals surface area contributed by atoms with Gasteiger partial charge < -0.3 is 9.52 Å². The minimum atomic E-state index is -0.872. The van der Waals surface area contributed by atoms with Crippen LogP contribution in [-0.4, -0.2) is 16.5 Å². The van der Waals surface area contributed by atoms with E-state index in [1.54, 1.807) is 12.5 Å². The van der Waals surface area contributed by atoms with Gasteiger partial charge in [0.05, 0.1) is 12.5 Å². The monoisotopic (exact) mass is 452 g/mol. The first-order chi connectivity index (χ1) is 16.4. The molecule has 1 heterocycles. The Hall–Kier alpha value is -2.83. The maximum absolute atomic E-state index is 13.1. The molecule has 0 amide bonds. The number of ketones is 1. The molecule has 2 saturated carbocycles. The van der Waals surface area contributed by atoms with Crippen LogP contribution in [0.15, 0.2) is 71.1 Å². The van der Waals surface area contributed by atoms with Crippen molar-refractivity contribution in [3.8, 4) is 23.0 Å². The fourth-order valence-electron chi connectivity index (χ4n) is 7.73.